The summed E-state index contributed by atoms with van der Waals surface area (Å²) in [5.74, 6) is 1.22. The van der Waals surface area contributed by atoms with Gasteiger partial charge in [0.05, 0.1) is 11.1 Å². The van der Waals surface area contributed by atoms with Crippen LogP contribution in [0.15, 0.2) is 38.8 Å². The number of oxazole rings is 1. The number of thioether (sulfide) groups is 1. The molecular weight excluding hydrogens is 402 g/mol. The van der Waals surface area contributed by atoms with Gasteiger partial charge in [0.2, 0.25) is 5.89 Å². The van der Waals surface area contributed by atoms with Gasteiger partial charge in [-0.3, -0.25) is 4.79 Å². The van der Waals surface area contributed by atoms with Crippen LogP contribution in [0, 0.1) is 13.8 Å². The summed E-state index contributed by atoms with van der Waals surface area (Å²) >= 11 is 3.16. The fourth-order valence-electron chi connectivity index (χ4n) is 3.91. The smallest absolute Gasteiger partial charge is 0.260 e. The lowest BCUT2D eigenvalue weighted by atomic mass is 9.97. The highest BCUT2D eigenvalue weighted by Crippen LogP contribution is 2.34. The number of thiophene rings is 1. The molecule has 0 spiro atoms. The molecule has 29 heavy (non-hydrogen) atoms. The number of H-pyrrole nitrogens is 1. The van der Waals surface area contributed by atoms with Crippen LogP contribution < -0.4 is 5.56 Å². The number of hydrogen-bond donors (Lipinski definition) is 1. The maximum Gasteiger partial charge on any atom is 0.260 e. The quantitative estimate of drug-likeness (QED) is 0.350. The lowest BCUT2D eigenvalue weighted by Gasteiger charge is -2.09. The van der Waals surface area contributed by atoms with E-state index in [9.17, 15) is 4.79 Å². The summed E-state index contributed by atoms with van der Waals surface area (Å²) in [4.78, 5) is 27.1. The molecule has 4 aromatic rings. The minimum absolute atomic E-state index is 0.0203. The minimum Gasteiger partial charge on any atom is -0.444 e. The first-order chi connectivity index (χ1) is 14.1. The third kappa shape index (κ3) is 3.53. The first-order valence-corrected chi connectivity index (χ1v) is 11.6. The molecule has 0 saturated carbocycles. The van der Waals surface area contributed by atoms with Crippen molar-refractivity contribution >= 4 is 33.3 Å². The Morgan fingerprint density at radius 1 is 1.21 bits per heavy atom. The van der Waals surface area contributed by atoms with E-state index in [1.807, 2.05) is 6.07 Å². The molecule has 7 heteroatoms. The van der Waals surface area contributed by atoms with E-state index in [-0.39, 0.29) is 5.56 Å². The van der Waals surface area contributed by atoms with Gasteiger partial charge in [-0.2, -0.15) is 0 Å². The van der Waals surface area contributed by atoms with Crippen molar-refractivity contribution in [3.63, 3.8) is 0 Å². The molecule has 0 saturated heterocycles. The summed E-state index contributed by atoms with van der Waals surface area (Å²) in [5.41, 5.74) is 5.39. The van der Waals surface area contributed by atoms with Crippen molar-refractivity contribution in [2.45, 2.75) is 50.4 Å². The number of nitrogens with zero attached hydrogens (tertiary/aromatic N) is 2. The number of fused-ring (bicyclic) bond motifs is 3. The molecule has 0 bridgehead atoms. The maximum absolute atomic E-state index is 12.7. The van der Waals surface area contributed by atoms with Crippen molar-refractivity contribution in [2.24, 2.45) is 0 Å². The number of aromatic amines is 1. The van der Waals surface area contributed by atoms with Crippen molar-refractivity contribution in [3.05, 3.63) is 62.1 Å². The highest BCUT2D eigenvalue weighted by atomic mass is 32.2. The summed E-state index contributed by atoms with van der Waals surface area (Å²) in [6.45, 7) is 4.13. The maximum atomic E-state index is 12.7. The zero-order valence-corrected chi connectivity index (χ0v) is 18.0. The Bertz CT molecular complexity index is 1270. The summed E-state index contributed by atoms with van der Waals surface area (Å²) in [7, 11) is 0. The van der Waals surface area contributed by atoms with E-state index < -0.39 is 0 Å². The Morgan fingerprint density at radius 2 is 2.07 bits per heavy atom. The van der Waals surface area contributed by atoms with E-state index in [0.29, 0.717) is 16.8 Å². The first-order valence-electron chi connectivity index (χ1n) is 9.78. The van der Waals surface area contributed by atoms with Gasteiger partial charge in [-0.15, -0.1) is 11.3 Å². The van der Waals surface area contributed by atoms with Crippen LogP contribution in [0.3, 0.4) is 0 Å². The minimum atomic E-state index is -0.0203. The van der Waals surface area contributed by atoms with E-state index in [0.717, 1.165) is 46.3 Å². The Hall–Kier alpha value is -2.38. The SMILES string of the molecule is Cc1ccc(-c2nc(CSc3nc4sc5c(c4c(=O)[nH]3)CCCC5)co2)c(C)c1. The third-order valence-corrected chi connectivity index (χ3v) is 7.42. The van der Waals surface area contributed by atoms with Gasteiger partial charge < -0.3 is 9.40 Å². The molecule has 1 aromatic carbocycles. The molecule has 0 amide bonds. The van der Waals surface area contributed by atoms with Gasteiger partial charge >= 0.3 is 0 Å². The van der Waals surface area contributed by atoms with Crippen LogP contribution in [-0.2, 0) is 18.6 Å². The molecule has 3 aromatic heterocycles. The van der Waals surface area contributed by atoms with Gasteiger partial charge in [0, 0.05) is 16.2 Å². The summed E-state index contributed by atoms with van der Waals surface area (Å²) in [5, 5.41) is 1.43. The molecule has 5 rings (SSSR count). The standard InChI is InChI=1S/C22H21N3O2S2/c1-12-7-8-15(13(2)9-12)20-23-14(10-27-20)11-28-22-24-19(26)18-16-5-3-4-6-17(16)29-21(18)25-22/h7-10H,3-6,11H2,1-2H3,(H,24,25,26). The van der Waals surface area contributed by atoms with E-state index in [4.69, 9.17) is 9.40 Å². The van der Waals surface area contributed by atoms with Crippen molar-refractivity contribution in [2.75, 3.05) is 0 Å². The normalized spacial score (nSPS) is 13.7. The largest absolute Gasteiger partial charge is 0.444 e. The number of nitrogens with one attached hydrogen (secondary N) is 1. The predicted octanol–water partition coefficient (Wildman–Crippen LogP) is 5.43. The topological polar surface area (TPSA) is 71.8 Å². The van der Waals surface area contributed by atoms with Crippen molar-refractivity contribution in [1.29, 1.82) is 0 Å². The molecule has 0 aliphatic heterocycles. The number of benzene rings is 1. The second-order valence-corrected chi connectivity index (χ2v) is 9.56. The zero-order chi connectivity index (χ0) is 20.0. The van der Waals surface area contributed by atoms with Gasteiger partial charge in [0.1, 0.15) is 11.1 Å². The molecule has 0 unspecified atom stereocenters. The van der Waals surface area contributed by atoms with E-state index >= 15 is 0 Å². The van der Waals surface area contributed by atoms with Crippen molar-refractivity contribution in [3.8, 4) is 11.5 Å². The molecule has 1 aliphatic carbocycles. The summed E-state index contributed by atoms with van der Waals surface area (Å²) in [6.07, 6.45) is 6.10. The Balaban J connectivity index is 1.37. The third-order valence-electron chi connectivity index (χ3n) is 5.32. The number of aromatic nitrogens is 3. The zero-order valence-electron chi connectivity index (χ0n) is 16.4. The fourth-order valence-corrected chi connectivity index (χ4v) is 5.96. The second-order valence-electron chi connectivity index (χ2n) is 7.51. The molecule has 3 heterocycles. The lowest BCUT2D eigenvalue weighted by molar-refractivity contribution is 0.573. The van der Waals surface area contributed by atoms with Gasteiger partial charge in [-0.25, -0.2) is 9.97 Å². The average molecular weight is 424 g/mol. The Kier molecular flexibility index (Phi) is 4.80. The van der Waals surface area contributed by atoms with E-state index in [1.165, 1.54) is 34.2 Å². The lowest BCUT2D eigenvalue weighted by Crippen LogP contribution is -2.10. The molecule has 1 N–H and O–H groups in total. The molecule has 0 fully saturated rings. The van der Waals surface area contributed by atoms with E-state index in [2.05, 4.69) is 35.9 Å². The number of hydrogen-bond acceptors (Lipinski definition) is 6. The van der Waals surface area contributed by atoms with Crippen molar-refractivity contribution in [1.82, 2.24) is 15.0 Å². The highest BCUT2D eigenvalue weighted by Gasteiger charge is 2.20. The van der Waals surface area contributed by atoms with Crippen LogP contribution in [0.5, 0.6) is 0 Å². The van der Waals surface area contributed by atoms with Crippen LogP contribution in [0.1, 0.15) is 40.1 Å². The van der Waals surface area contributed by atoms with Crippen LogP contribution >= 0.6 is 23.1 Å². The summed E-state index contributed by atoms with van der Waals surface area (Å²) in [6, 6.07) is 6.23. The number of rotatable bonds is 4. The average Bonchev–Trinajstić information content (AvgIpc) is 3.30. The first kappa shape index (κ1) is 18.6. The Labute approximate surface area is 176 Å². The highest BCUT2D eigenvalue weighted by molar-refractivity contribution is 7.98. The molecular formula is C22H21N3O2S2. The molecule has 1 aliphatic rings. The molecule has 148 valence electrons. The summed E-state index contributed by atoms with van der Waals surface area (Å²) < 4.78 is 5.69. The molecule has 0 atom stereocenters. The van der Waals surface area contributed by atoms with Gasteiger partial charge in [-0.05, 0) is 56.7 Å². The van der Waals surface area contributed by atoms with Gasteiger partial charge in [0.25, 0.3) is 5.56 Å². The van der Waals surface area contributed by atoms with Crippen LogP contribution in [0.4, 0.5) is 0 Å². The van der Waals surface area contributed by atoms with Crippen molar-refractivity contribution < 1.29 is 4.42 Å². The van der Waals surface area contributed by atoms with Crippen LogP contribution in [0.2, 0.25) is 0 Å². The predicted molar refractivity (Wildman–Crippen MR) is 118 cm³/mol. The van der Waals surface area contributed by atoms with Crippen LogP contribution in [-0.4, -0.2) is 15.0 Å². The number of aryl methyl sites for hydroxylation is 4. The fraction of sp³-hybridized carbons (Fsp3) is 0.318. The van der Waals surface area contributed by atoms with Crippen LogP contribution in [0.25, 0.3) is 21.7 Å². The van der Waals surface area contributed by atoms with Gasteiger partial charge in [-0.1, -0.05) is 29.5 Å². The second kappa shape index (κ2) is 7.46. The molecule has 0 radical (unpaired) electrons. The van der Waals surface area contributed by atoms with E-state index in [1.54, 1.807) is 17.6 Å². The monoisotopic (exact) mass is 423 g/mol. The molecule has 5 nitrogen and oxygen atoms in total. The van der Waals surface area contributed by atoms with Gasteiger partial charge in [0.15, 0.2) is 5.16 Å². The Morgan fingerprint density at radius 3 is 2.93 bits per heavy atom.